The second kappa shape index (κ2) is 12.0. The van der Waals surface area contributed by atoms with Crippen LogP contribution in [-0.4, -0.2) is 90.4 Å². The van der Waals surface area contributed by atoms with Crippen LogP contribution in [0.3, 0.4) is 0 Å². The molecule has 4 bridgehead atoms. The van der Waals surface area contributed by atoms with E-state index in [2.05, 4.69) is 40.0 Å². The van der Waals surface area contributed by atoms with Crippen molar-refractivity contribution in [1.82, 2.24) is 20.1 Å². The third-order valence-corrected chi connectivity index (χ3v) is 15.8. The zero-order chi connectivity index (χ0) is 39.4. The molecule has 14 heteroatoms. The number of aromatic hydroxyl groups is 1. The van der Waals surface area contributed by atoms with Gasteiger partial charge in [0.15, 0.2) is 28.5 Å². The average Bonchev–Trinajstić information content (AvgIpc) is 3.83. The topological polar surface area (TPSA) is 144 Å². The van der Waals surface area contributed by atoms with Gasteiger partial charge in [0.1, 0.15) is 18.1 Å². The van der Waals surface area contributed by atoms with Gasteiger partial charge in [0.2, 0.25) is 6.79 Å². The van der Waals surface area contributed by atoms with Gasteiger partial charge in [0.25, 0.3) is 0 Å². The Morgan fingerprint density at radius 2 is 1.88 bits per heavy atom. The predicted molar refractivity (Wildman–Crippen MR) is 211 cm³/mol. The first-order valence-electron chi connectivity index (χ1n) is 19.8. The van der Waals surface area contributed by atoms with Crippen molar-refractivity contribution in [2.75, 3.05) is 46.5 Å². The van der Waals surface area contributed by atoms with Gasteiger partial charge in [-0.15, -0.1) is 11.8 Å². The minimum absolute atomic E-state index is 0.0127. The Morgan fingerprint density at radius 3 is 2.65 bits per heavy atom. The molecule has 8 aliphatic heterocycles. The van der Waals surface area contributed by atoms with Gasteiger partial charge in [-0.1, -0.05) is 6.07 Å². The van der Waals surface area contributed by atoms with Crippen molar-refractivity contribution in [3.63, 3.8) is 0 Å². The number of esters is 2. The number of nitrogens with zero attached hydrogens (tertiary/aromatic N) is 2. The average molecular weight is 795 g/mol. The van der Waals surface area contributed by atoms with Crippen molar-refractivity contribution in [1.29, 1.82) is 0 Å². The van der Waals surface area contributed by atoms with E-state index in [9.17, 15) is 9.90 Å². The fraction of sp³-hybridized carbons (Fsp3) is 0.488. The van der Waals surface area contributed by atoms with Gasteiger partial charge in [-0.2, -0.15) is 0 Å². The van der Waals surface area contributed by atoms with Gasteiger partial charge >= 0.3 is 11.9 Å². The highest BCUT2D eigenvalue weighted by molar-refractivity contribution is 7.99. The number of H-pyrrole nitrogens is 1. The molecule has 57 heavy (non-hydrogen) atoms. The molecule has 8 atom stereocenters. The molecular weight excluding hydrogens is 749 g/mol. The van der Waals surface area contributed by atoms with E-state index in [1.54, 1.807) is 26.0 Å². The maximum absolute atomic E-state index is 15.0. The number of thioether (sulfide) groups is 1. The fourth-order valence-corrected chi connectivity index (χ4v) is 13.8. The fourth-order valence-electron chi connectivity index (χ4n) is 12.0. The number of fused-ring (bicyclic) bond motifs is 12. The molecule has 1 aromatic heterocycles. The summed E-state index contributed by atoms with van der Waals surface area (Å²) in [7, 11) is 3.26. The van der Waals surface area contributed by atoms with Gasteiger partial charge < -0.3 is 38.5 Å². The van der Waals surface area contributed by atoms with Crippen LogP contribution in [0.4, 0.5) is 0 Å². The first-order valence-corrected chi connectivity index (χ1v) is 20.8. The molecule has 0 radical (unpaired) electrons. The van der Waals surface area contributed by atoms with Crippen LogP contribution >= 0.6 is 11.8 Å². The second-order valence-corrected chi connectivity index (χ2v) is 18.0. The van der Waals surface area contributed by atoms with E-state index in [1.807, 2.05) is 32.0 Å². The summed E-state index contributed by atoms with van der Waals surface area (Å²) in [5.41, 5.74) is 6.04. The van der Waals surface area contributed by atoms with E-state index >= 15 is 4.79 Å². The lowest BCUT2D eigenvalue weighted by molar-refractivity contribution is -0.155. The highest BCUT2D eigenvalue weighted by Gasteiger charge is 2.70. The van der Waals surface area contributed by atoms with Crippen LogP contribution in [0.2, 0.25) is 0 Å². The number of methoxy groups -OCH3 is 2. The van der Waals surface area contributed by atoms with Crippen LogP contribution in [0.1, 0.15) is 82.7 Å². The number of phenolic OH excluding ortho intramolecular Hbond substituents is 1. The molecule has 3 fully saturated rings. The molecule has 3 aromatic carbocycles. The normalized spacial score (nSPS) is 31.8. The maximum Gasteiger partial charge on any atom is 0.333 e. The number of carbonyl (C=O) groups excluding carboxylic acids is 2. The molecule has 0 amide bonds. The van der Waals surface area contributed by atoms with Crippen LogP contribution in [0.15, 0.2) is 24.3 Å². The van der Waals surface area contributed by atoms with Crippen molar-refractivity contribution in [3.05, 3.63) is 68.9 Å². The molecule has 8 aliphatic rings. The van der Waals surface area contributed by atoms with Crippen LogP contribution in [-0.2, 0) is 31.8 Å². The summed E-state index contributed by atoms with van der Waals surface area (Å²) in [6.07, 6.45) is 0.720. The Labute approximate surface area is 334 Å². The Hall–Kier alpha value is -4.63. The highest BCUT2D eigenvalue weighted by Crippen LogP contribution is 2.71. The number of aromatic amines is 1. The van der Waals surface area contributed by atoms with Crippen LogP contribution in [0.5, 0.6) is 34.5 Å². The number of nitrogens with one attached hydrogen (secondary N) is 2. The van der Waals surface area contributed by atoms with Gasteiger partial charge in [0, 0.05) is 83.0 Å². The number of ether oxygens (including phenoxy) is 6. The number of aryl methyl sites for hydroxylation is 1. The molecule has 12 rings (SSSR count). The van der Waals surface area contributed by atoms with Crippen molar-refractivity contribution < 1.29 is 43.1 Å². The predicted octanol–water partition coefficient (Wildman–Crippen LogP) is 5.56. The van der Waals surface area contributed by atoms with E-state index in [1.165, 1.54) is 6.92 Å². The van der Waals surface area contributed by atoms with E-state index in [0.717, 1.165) is 68.7 Å². The highest BCUT2D eigenvalue weighted by atomic mass is 32.2. The Morgan fingerprint density at radius 1 is 1.07 bits per heavy atom. The molecule has 3 saturated heterocycles. The smallest absolute Gasteiger partial charge is 0.333 e. The third kappa shape index (κ3) is 4.31. The molecule has 298 valence electrons. The molecule has 3 unspecified atom stereocenters. The minimum atomic E-state index is -1.22. The first kappa shape index (κ1) is 35.5. The maximum atomic E-state index is 15.0. The minimum Gasteiger partial charge on any atom is -0.504 e. The van der Waals surface area contributed by atoms with Crippen molar-refractivity contribution >= 4 is 34.6 Å². The van der Waals surface area contributed by atoms with Gasteiger partial charge in [-0.25, -0.2) is 4.79 Å². The standard InChI is InChI=1S/C43H46N4O9S/c1-18-12-25-31(33(49)34(18)52-7)42(5)40-38-30-29(37-36(54-17-55-37)19(2)35(30)56-21(4)48)28(47(40)20(3)26-14-46(42)32(25)26)15-53-41(50)43(16-57-38)39-23(10-11-44-43)24-13-22(51-6)8-9-27(24)45-39/h8-9,12-13,20,26,28,32,38,40,44-45,49H,10-11,14-17H2,1-7H3/t20?,26?,28-,32-,38+,40+,42?,43+/m0/s1. The third-order valence-electron chi connectivity index (χ3n) is 14.4. The lowest BCUT2D eigenvalue weighted by atomic mass is 9.72. The van der Waals surface area contributed by atoms with Gasteiger partial charge in [-0.3, -0.25) is 19.9 Å². The summed E-state index contributed by atoms with van der Waals surface area (Å²) in [4.78, 5) is 36.8. The number of carbonyl (C=O) groups is 2. The van der Waals surface area contributed by atoms with Crippen LogP contribution in [0.25, 0.3) is 10.9 Å². The van der Waals surface area contributed by atoms with E-state index < -0.39 is 28.3 Å². The van der Waals surface area contributed by atoms with Crippen molar-refractivity contribution in [3.8, 4) is 34.5 Å². The van der Waals surface area contributed by atoms with Crippen molar-refractivity contribution in [2.24, 2.45) is 5.92 Å². The summed E-state index contributed by atoms with van der Waals surface area (Å²) in [6.45, 7) is 11.3. The van der Waals surface area contributed by atoms with E-state index in [4.69, 9.17) is 28.4 Å². The number of hydrogen-bond donors (Lipinski definition) is 3. The summed E-state index contributed by atoms with van der Waals surface area (Å²) < 4.78 is 36.9. The first-order chi connectivity index (χ1) is 27.4. The zero-order valence-electron chi connectivity index (χ0n) is 33.0. The number of hydrogen-bond acceptors (Lipinski definition) is 13. The molecule has 0 aliphatic carbocycles. The Balaban J connectivity index is 1.18. The van der Waals surface area contributed by atoms with Gasteiger partial charge in [0.05, 0.1) is 36.7 Å². The molecule has 1 spiro atoms. The van der Waals surface area contributed by atoms with Crippen LogP contribution < -0.4 is 29.0 Å². The molecule has 4 aromatic rings. The summed E-state index contributed by atoms with van der Waals surface area (Å²) in [6, 6.07) is 7.44. The summed E-state index contributed by atoms with van der Waals surface area (Å²) >= 11 is 1.66. The van der Waals surface area contributed by atoms with Crippen molar-refractivity contribution in [2.45, 2.75) is 81.5 Å². The molecular formula is C43H46N4O9S. The lowest BCUT2D eigenvalue weighted by Gasteiger charge is -2.55. The Kier molecular flexibility index (Phi) is 7.46. The van der Waals surface area contributed by atoms with E-state index in [0.29, 0.717) is 40.9 Å². The van der Waals surface area contributed by atoms with Crippen LogP contribution in [0, 0.1) is 19.8 Å². The number of aromatic nitrogens is 1. The zero-order valence-corrected chi connectivity index (χ0v) is 33.8. The quantitative estimate of drug-likeness (QED) is 0.176. The second-order valence-electron chi connectivity index (χ2n) is 16.8. The number of phenols is 1. The lowest BCUT2D eigenvalue weighted by Crippen LogP contribution is -2.62. The number of rotatable bonds is 3. The largest absolute Gasteiger partial charge is 0.504 e. The molecule has 3 N–H and O–H groups in total. The van der Waals surface area contributed by atoms with E-state index in [-0.39, 0.29) is 49.2 Å². The van der Waals surface area contributed by atoms with Gasteiger partial charge in [-0.05, 0) is 69.0 Å². The molecule has 9 heterocycles. The summed E-state index contributed by atoms with van der Waals surface area (Å²) in [5, 5.41) is 16.6. The monoisotopic (exact) mass is 794 g/mol. The molecule has 0 saturated carbocycles. The SMILES string of the molecule is COc1ccc2[nH]c3c(c2c1)CCN[C@]31CS[C@@H]2c3c(OC(C)=O)c(C)c4c(c3[C@H](COC1=O)N1C(C)C3CN5[C@H]3c3cc(C)c(OC)c(O)c3C5(C)[C@@H]21)OCO4. The summed E-state index contributed by atoms with van der Waals surface area (Å²) in [5.74, 6) is 2.68. The molecule has 13 nitrogen and oxygen atoms in total. The Bertz CT molecular complexity index is 2470. The number of benzene rings is 3.